The first-order chi connectivity index (χ1) is 9.58. The molecule has 0 aliphatic carbocycles. The Morgan fingerprint density at radius 2 is 2.10 bits per heavy atom. The van der Waals surface area contributed by atoms with Gasteiger partial charge in [0, 0.05) is 38.6 Å². The maximum atomic E-state index is 12.0. The third-order valence-electron chi connectivity index (χ3n) is 3.49. The Hall–Kier alpha value is -0.520. The molecule has 0 bridgehead atoms. The van der Waals surface area contributed by atoms with Crippen molar-refractivity contribution in [1.29, 1.82) is 0 Å². The van der Waals surface area contributed by atoms with Crippen LogP contribution in [-0.2, 0) is 4.79 Å². The Balaban J connectivity index is 0.00000220. The van der Waals surface area contributed by atoms with Crippen molar-refractivity contribution < 1.29 is 4.79 Å². The van der Waals surface area contributed by atoms with E-state index in [2.05, 4.69) is 22.5 Å². The Morgan fingerprint density at radius 3 is 2.71 bits per heavy atom. The lowest BCUT2D eigenvalue weighted by molar-refractivity contribution is -0.116. The molecule has 0 aromatic heterocycles. The average Bonchev–Trinajstić information content (AvgIpc) is 2.42. The van der Waals surface area contributed by atoms with E-state index in [1.54, 1.807) is 18.2 Å². The fourth-order valence-corrected chi connectivity index (χ4v) is 2.77. The Bertz CT molecular complexity index is 464. The number of rotatable bonds is 4. The minimum atomic E-state index is -0.0641. The van der Waals surface area contributed by atoms with E-state index in [9.17, 15) is 4.79 Å². The highest BCUT2D eigenvalue weighted by molar-refractivity contribution is 6.39. The van der Waals surface area contributed by atoms with Crippen LogP contribution in [0.4, 0.5) is 5.69 Å². The predicted octanol–water partition coefficient (Wildman–Crippen LogP) is 3.04. The van der Waals surface area contributed by atoms with Gasteiger partial charge in [0.1, 0.15) is 0 Å². The zero-order valence-corrected chi connectivity index (χ0v) is 14.2. The van der Waals surface area contributed by atoms with Gasteiger partial charge in [-0.15, -0.1) is 12.4 Å². The van der Waals surface area contributed by atoms with Crippen molar-refractivity contribution in [3.63, 3.8) is 0 Å². The van der Waals surface area contributed by atoms with Gasteiger partial charge in [-0.25, -0.2) is 0 Å². The molecule has 1 atom stereocenters. The summed E-state index contributed by atoms with van der Waals surface area (Å²) >= 11 is 12.1. The van der Waals surface area contributed by atoms with Gasteiger partial charge in [0.05, 0.1) is 15.7 Å². The van der Waals surface area contributed by atoms with Crippen LogP contribution in [0.1, 0.15) is 13.3 Å². The second-order valence-corrected chi connectivity index (χ2v) is 5.80. The van der Waals surface area contributed by atoms with Gasteiger partial charge in [0.15, 0.2) is 0 Å². The first-order valence-electron chi connectivity index (χ1n) is 6.76. The van der Waals surface area contributed by atoms with Crippen LogP contribution in [0.25, 0.3) is 0 Å². The number of piperazine rings is 1. The lowest BCUT2D eigenvalue weighted by Crippen LogP contribution is -2.50. The monoisotopic (exact) mass is 351 g/mol. The number of nitrogens with one attached hydrogen (secondary N) is 2. The van der Waals surface area contributed by atoms with E-state index in [-0.39, 0.29) is 18.3 Å². The second kappa shape index (κ2) is 8.81. The molecular weight excluding hydrogens is 333 g/mol. The zero-order valence-electron chi connectivity index (χ0n) is 11.9. The SMILES string of the molecule is C[C@H]1CNCCN1CCC(=O)Nc1c(Cl)cccc1Cl.Cl. The zero-order chi connectivity index (χ0) is 14.5. The molecule has 118 valence electrons. The number of hydrogen-bond donors (Lipinski definition) is 2. The summed E-state index contributed by atoms with van der Waals surface area (Å²) in [4.78, 5) is 14.3. The van der Waals surface area contributed by atoms with Crippen LogP contribution < -0.4 is 10.6 Å². The van der Waals surface area contributed by atoms with Crippen LogP contribution in [0.2, 0.25) is 10.0 Å². The van der Waals surface area contributed by atoms with E-state index in [1.165, 1.54) is 0 Å². The summed E-state index contributed by atoms with van der Waals surface area (Å²) in [5, 5.41) is 7.04. The second-order valence-electron chi connectivity index (χ2n) is 4.98. The third kappa shape index (κ3) is 5.31. The summed E-state index contributed by atoms with van der Waals surface area (Å²) in [6.45, 7) is 5.83. The van der Waals surface area contributed by atoms with Crippen molar-refractivity contribution in [2.45, 2.75) is 19.4 Å². The summed E-state index contributed by atoms with van der Waals surface area (Å²) in [7, 11) is 0. The normalized spacial score (nSPS) is 18.9. The van der Waals surface area contributed by atoms with E-state index in [4.69, 9.17) is 23.2 Å². The first kappa shape index (κ1) is 18.5. The molecule has 0 radical (unpaired) electrons. The molecule has 21 heavy (non-hydrogen) atoms. The van der Waals surface area contributed by atoms with Crippen LogP contribution in [0.3, 0.4) is 0 Å². The van der Waals surface area contributed by atoms with Gasteiger partial charge in [-0.3, -0.25) is 9.69 Å². The predicted molar refractivity (Wildman–Crippen MR) is 90.9 cm³/mol. The molecule has 1 aromatic carbocycles. The van der Waals surface area contributed by atoms with Gasteiger partial charge in [0.25, 0.3) is 0 Å². The molecule has 1 heterocycles. The minimum Gasteiger partial charge on any atom is -0.324 e. The van der Waals surface area contributed by atoms with Crippen LogP contribution in [0, 0.1) is 0 Å². The molecule has 1 aliphatic heterocycles. The van der Waals surface area contributed by atoms with Gasteiger partial charge in [-0.05, 0) is 19.1 Å². The van der Waals surface area contributed by atoms with Crippen LogP contribution >= 0.6 is 35.6 Å². The van der Waals surface area contributed by atoms with E-state index >= 15 is 0 Å². The fourth-order valence-electron chi connectivity index (χ4n) is 2.28. The molecule has 7 heteroatoms. The Labute approximate surface area is 141 Å². The molecule has 1 amide bonds. The number of carbonyl (C=O) groups is 1. The summed E-state index contributed by atoms with van der Waals surface area (Å²) in [5.41, 5.74) is 0.495. The van der Waals surface area contributed by atoms with Crippen molar-refractivity contribution in [2.75, 3.05) is 31.5 Å². The molecule has 1 fully saturated rings. The molecule has 1 aliphatic rings. The lowest BCUT2D eigenvalue weighted by atomic mass is 10.2. The molecule has 2 N–H and O–H groups in total. The highest BCUT2D eigenvalue weighted by Gasteiger charge is 2.18. The number of amides is 1. The molecule has 0 saturated carbocycles. The quantitative estimate of drug-likeness (QED) is 0.875. The maximum absolute atomic E-state index is 12.0. The van der Waals surface area contributed by atoms with Crippen molar-refractivity contribution in [3.05, 3.63) is 28.2 Å². The van der Waals surface area contributed by atoms with E-state index < -0.39 is 0 Å². The van der Waals surface area contributed by atoms with Gasteiger partial charge in [-0.1, -0.05) is 29.3 Å². The maximum Gasteiger partial charge on any atom is 0.225 e. The standard InChI is InChI=1S/C14H19Cl2N3O.ClH/c1-10-9-17-6-8-19(10)7-5-13(20)18-14-11(15)3-2-4-12(14)16;/h2-4,10,17H,5-9H2,1H3,(H,18,20);1H/t10-;/m0./s1. The molecule has 1 saturated heterocycles. The van der Waals surface area contributed by atoms with E-state index in [0.717, 1.165) is 26.2 Å². The summed E-state index contributed by atoms with van der Waals surface area (Å²) in [6, 6.07) is 5.63. The molecule has 2 rings (SSSR count). The summed E-state index contributed by atoms with van der Waals surface area (Å²) in [5.74, 6) is -0.0641. The number of benzene rings is 1. The number of carbonyl (C=O) groups excluding carboxylic acids is 1. The molecule has 0 spiro atoms. The van der Waals surface area contributed by atoms with Crippen LogP contribution in [0.5, 0.6) is 0 Å². The number of halogens is 3. The Kier molecular flexibility index (Phi) is 7.77. The first-order valence-corrected chi connectivity index (χ1v) is 7.52. The van der Waals surface area contributed by atoms with E-state index in [1.807, 2.05) is 0 Å². The van der Waals surface area contributed by atoms with Crippen LogP contribution in [0.15, 0.2) is 18.2 Å². The largest absolute Gasteiger partial charge is 0.324 e. The molecular formula is C14H20Cl3N3O. The number of hydrogen-bond acceptors (Lipinski definition) is 3. The van der Waals surface area contributed by atoms with E-state index in [0.29, 0.717) is 28.2 Å². The van der Waals surface area contributed by atoms with Gasteiger partial charge < -0.3 is 10.6 Å². The number of anilines is 1. The van der Waals surface area contributed by atoms with Gasteiger partial charge >= 0.3 is 0 Å². The number of nitrogens with zero attached hydrogens (tertiary/aromatic N) is 1. The highest BCUT2D eigenvalue weighted by Crippen LogP contribution is 2.29. The molecule has 0 unspecified atom stereocenters. The Morgan fingerprint density at radius 1 is 1.43 bits per heavy atom. The summed E-state index contributed by atoms with van der Waals surface area (Å²) in [6.07, 6.45) is 0.436. The fraction of sp³-hybridized carbons (Fsp3) is 0.500. The van der Waals surface area contributed by atoms with Crippen molar-refractivity contribution in [2.24, 2.45) is 0 Å². The summed E-state index contributed by atoms with van der Waals surface area (Å²) < 4.78 is 0. The van der Waals surface area contributed by atoms with Gasteiger partial charge in [0.2, 0.25) is 5.91 Å². The molecule has 4 nitrogen and oxygen atoms in total. The smallest absolute Gasteiger partial charge is 0.225 e. The average molecular weight is 353 g/mol. The molecule has 1 aromatic rings. The van der Waals surface area contributed by atoms with Crippen molar-refractivity contribution in [1.82, 2.24) is 10.2 Å². The lowest BCUT2D eigenvalue weighted by Gasteiger charge is -2.33. The van der Waals surface area contributed by atoms with Crippen LogP contribution in [-0.4, -0.2) is 43.0 Å². The topological polar surface area (TPSA) is 44.4 Å². The number of para-hydroxylation sites is 1. The van der Waals surface area contributed by atoms with Crippen molar-refractivity contribution >= 4 is 47.2 Å². The van der Waals surface area contributed by atoms with Gasteiger partial charge in [-0.2, -0.15) is 0 Å². The third-order valence-corrected chi connectivity index (χ3v) is 4.12. The highest BCUT2D eigenvalue weighted by atomic mass is 35.5. The van der Waals surface area contributed by atoms with Crippen molar-refractivity contribution in [3.8, 4) is 0 Å². The minimum absolute atomic E-state index is 0.